The van der Waals surface area contributed by atoms with Crippen LogP contribution in [0.2, 0.25) is 0 Å². The number of aliphatic hydroxyl groups excluding tert-OH is 1. The van der Waals surface area contributed by atoms with E-state index in [4.69, 9.17) is 0 Å². The first kappa shape index (κ1) is 24.6. The molecule has 1 nitrogen and oxygen atoms in total. The lowest BCUT2D eigenvalue weighted by molar-refractivity contribution is -0.0540. The van der Waals surface area contributed by atoms with Crippen LogP contribution in [0, 0.1) is 52.3 Å². The standard InChI is InChI=1S/C31H52O/c1-7-22(8-2)23(9-3)11-10-21(4)27-14-15-28-26-13-12-24-20-25(32)16-18-30(24,5)29(26)17-19-31(27,28)6/h10-12,21-23,25-29,32H,7-9,13-20H2,1-6H3/b11-10+/t21-,23?,25+,26+,27-,28+,29+,30+,31-/m1/s1. The van der Waals surface area contributed by atoms with Gasteiger partial charge in [-0.25, -0.2) is 0 Å². The van der Waals surface area contributed by atoms with Crippen LogP contribution in [0.1, 0.15) is 112 Å². The van der Waals surface area contributed by atoms with E-state index in [-0.39, 0.29) is 6.10 Å². The Morgan fingerprint density at radius 3 is 2.41 bits per heavy atom. The zero-order valence-corrected chi connectivity index (χ0v) is 22.1. The molecule has 9 atom stereocenters. The number of hydrogen-bond acceptors (Lipinski definition) is 1. The van der Waals surface area contributed by atoms with Crippen molar-refractivity contribution in [3.8, 4) is 0 Å². The number of fused-ring (bicyclic) bond motifs is 5. The Bertz CT molecular complexity index is 701. The third kappa shape index (κ3) is 4.08. The van der Waals surface area contributed by atoms with E-state index in [9.17, 15) is 5.11 Å². The van der Waals surface area contributed by atoms with Crippen molar-refractivity contribution in [3.05, 3.63) is 23.8 Å². The molecule has 0 spiro atoms. The van der Waals surface area contributed by atoms with Crippen LogP contribution in [0.15, 0.2) is 23.8 Å². The molecule has 0 radical (unpaired) electrons. The zero-order valence-electron chi connectivity index (χ0n) is 22.1. The van der Waals surface area contributed by atoms with Crippen LogP contribution >= 0.6 is 0 Å². The van der Waals surface area contributed by atoms with E-state index in [2.05, 4.69) is 59.8 Å². The monoisotopic (exact) mass is 440 g/mol. The Kier molecular flexibility index (Phi) is 7.36. The summed E-state index contributed by atoms with van der Waals surface area (Å²) in [5.41, 5.74) is 2.51. The summed E-state index contributed by atoms with van der Waals surface area (Å²) in [5, 5.41) is 10.3. The largest absolute Gasteiger partial charge is 0.393 e. The fourth-order valence-electron chi connectivity index (χ4n) is 9.52. The molecule has 1 heteroatoms. The van der Waals surface area contributed by atoms with Crippen molar-refractivity contribution in [1.29, 1.82) is 0 Å². The van der Waals surface area contributed by atoms with Crippen LogP contribution in [0.3, 0.4) is 0 Å². The smallest absolute Gasteiger partial charge is 0.0577 e. The Morgan fingerprint density at radius 2 is 1.72 bits per heavy atom. The minimum absolute atomic E-state index is 0.0878. The molecule has 4 aliphatic carbocycles. The van der Waals surface area contributed by atoms with Crippen LogP contribution in [0.25, 0.3) is 0 Å². The van der Waals surface area contributed by atoms with Gasteiger partial charge in [-0.1, -0.05) is 78.2 Å². The zero-order chi connectivity index (χ0) is 23.1. The van der Waals surface area contributed by atoms with Crippen molar-refractivity contribution in [3.63, 3.8) is 0 Å². The number of hydrogen-bond donors (Lipinski definition) is 1. The molecule has 0 saturated heterocycles. The molecule has 1 unspecified atom stereocenters. The molecule has 3 saturated carbocycles. The maximum absolute atomic E-state index is 10.3. The number of allylic oxidation sites excluding steroid dienone is 3. The first-order valence-corrected chi connectivity index (χ1v) is 14.3. The van der Waals surface area contributed by atoms with Gasteiger partial charge in [0.15, 0.2) is 0 Å². The summed E-state index contributed by atoms with van der Waals surface area (Å²) in [4.78, 5) is 0. The first-order valence-electron chi connectivity index (χ1n) is 14.3. The van der Waals surface area contributed by atoms with Crippen LogP contribution in [0.4, 0.5) is 0 Å². The fourth-order valence-corrected chi connectivity index (χ4v) is 9.52. The van der Waals surface area contributed by atoms with Crippen molar-refractivity contribution < 1.29 is 5.11 Å². The lowest BCUT2D eigenvalue weighted by Crippen LogP contribution is -2.50. The predicted molar refractivity (Wildman–Crippen MR) is 137 cm³/mol. The molecule has 0 amide bonds. The summed E-state index contributed by atoms with van der Waals surface area (Å²) in [6.07, 6.45) is 21.8. The van der Waals surface area contributed by atoms with Gasteiger partial charge in [-0.15, -0.1) is 0 Å². The summed E-state index contributed by atoms with van der Waals surface area (Å²) in [7, 11) is 0. The van der Waals surface area contributed by atoms with Crippen LogP contribution in [0.5, 0.6) is 0 Å². The molecule has 32 heavy (non-hydrogen) atoms. The van der Waals surface area contributed by atoms with Crippen molar-refractivity contribution in [2.75, 3.05) is 0 Å². The van der Waals surface area contributed by atoms with Gasteiger partial charge < -0.3 is 5.11 Å². The summed E-state index contributed by atoms with van der Waals surface area (Å²) in [6.45, 7) is 14.9. The van der Waals surface area contributed by atoms with E-state index in [0.717, 1.165) is 48.3 Å². The molecule has 4 aliphatic rings. The van der Waals surface area contributed by atoms with Gasteiger partial charge in [-0.2, -0.15) is 0 Å². The van der Waals surface area contributed by atoms with E-state index >= 15 is 0 Å². The molecule has 0 bridgehead atoms. The molecule has 0 heterocycles. The van der Waals surface area contributed by atoms with Crippen LogP contribution in [-0.4, -0.2) is 11.2 Å². The molecule has 3 fully saturated rings. The minimum Gasteiger partial charge on any atom is -0.393 e. The summed E-state index contributed by atoms with van der Waals surface area (Å²) >= 11 is 0. The van der Waals surface area contributed by atoms with E-state index in [1.807, 2.05) is 0 Å². The summed E-state index contributed by atoms with van der Waals surface area (Å²) in [6, 6.07) is 0. The van der Waals surface area contributed by atoms with Gasteiger partial charge in [0.25, 0.3) is 0 Å². The Labute approximate surface area is 199 Å². The van der Waals surface area contributed by atoms with Crippen LogP contribution < -0.4 is 0 Å². The third-order valence-electron chi connectivity index (χ3n) is 11.6. The molecule has 0 aromatic carbocycles. The quantitative estimate of drug-likeness (QED) is 0.393. The topological polar surface area (TPSA) is 20.2 Å². The van der Waals surface area contributed by atoms with Gasteiger partial charge in [0.1, 0.15) is 0 Å². The molecular weight excluding hydrogens is 388 g/mol. The van der Waals surface area contributed by atoms with Gasteiger partial charge in [-0.05, 0) is 110 Å². The molecule has 182 valence electrons. The third-order valence-corrected chi connectivity index (χ3v) is 11.6. The highest BCUT2D eigenvalue weighted by Gasteiger charge is 2.58. The minimum atomic E-state index is -0.0878. The average Bonchev–Trinajstić information content (AvgIpc) is 3.14. The second-order valence-electron chi connectivity index (χ2n) is 12.8. The van der Waals surface area contributed by atoms with Crippen molar-refractivity contribution in [2.45, 2.75) is 118 Å². The summed E-state index contributed by atoms with van der Waals surface area (Å²) < 4.78 is 0. The van der Waals surface area contributed by atoms with Gasteiger partial charge in [0.05, 0.1) is 6.10 Å². The van der Waals surface area contributed by atoms with E-state index in [1.165, 1.54) is 57.8 Å². The summed E-state index contributed by atoms with van der Waals surface area (Å²) in [5.74, 6) is 5.82. The highest BCUT2D eigenvalue weighted by Crippen LogP contribution is 2.67. The van der Waals surface area contributed by atoms with Crippen molar-refractivity contribution >= 4 is 0 Å². The van der Waals surface area contributed by atoms with Gasteiger partial charge in [0, 0.05) is 0 Å². The van der Waals surface area contributed by atoms with Gasteiger partial charge in [0.2, 0.25) is 0 Å². The Hall–Kier alpha value is -0.560. The van der Waals surface area contributed by atoms with E-state index < -0.39 is 0 Å². The van der Waals surface area contributed by atoms with Crippen molar-refractivity contribution in [2.24, 2.45) is 52.3 Å². The Morgan fingerprint density at radius 1 is 0.969 bits per heavy atom. The fraction of sp³-hybridized carbons (Fsp3) is 0.871. The SMILES string of the molecule is CCC(/C=C/[C@@H](C)[C@H]1CC[C@H]2[C@@H]3CC=C4C[C@@H](O)CC[C@]4(C)[C@H]3CC[C@]12C)C(CC)CC. The van der Waals surface area contributed by atoms with Crippen LogP contribution in [-0.2, 0) is 0 Å². The lowest BCUT2D eigenvalue weighted by atomic mass is 9.47. The molecular formula is C31H52O. The molecule has 4 rings (SSSR count). The normalized spacial score (nSPS) is 43.5. The van der Waals surface area contributed by atoms with Gasteiger partial charge in [-0.3, -0.25) is 0 Å². The average molecular weight is 441 g/mol. The van der Waals surface area contributed by atoms with E-state index in [0.29, 0.717) is 16.7 Å². The van der Waals surface area contributed by atoms with Crippen molar-refractivity contribution in [1.82, 2.24) is 0 Å². The molecule has 1 N–H and O–H groups in total. The predicted octanol–water partition coefficient (Wildman–Crippen LogP) is 8.58. The highest BCUT2D eigenvalue weighted by atomic mass is 16.3. The number of aliphatic hydroxyl groups is 1. The molecule has 0 aromatic rings. The maximum atomic E-state index is 10.3. The lowest BCUT2D eigenvalue weighted by Gasteiger charge is -2.58. The van der Waals surface area contributed by atoms with Gasteiger partial charge >= 0.3 is 0 Å². The first-order chi connectivity index (χ1) is 15.3. The second-order valence-corrected chi connectivity index (χ2v) is 12.8. The maximum Gasteiger partial charge on any atom is 0.0577 e. The van der Waals surface area contributed by atoms with E-state index in [1.54, 1.807) is 5.57 Å². The highest BCUT2D eigenvalue weighted by molar-refractivity contribution is 5.25. The molecule has 0 aromatic heterocycles. The Balaban J connectivity index is 1.50. The molecule has 0 aliphatic heterocycles. The number of rotatable bonds is 7. The second kappa shape index (κ2) is 9.59.